The molecule has 0 amide bonds. The number of nitrogens with zero attached hydrogens (tertiary/aromatic N) is 3. The van der Waals surface area contributed by atoms with Crippen molar-refractivity contribution < 1.29 is 0 Å². The zero-order valence-corrected chi connectivity index (χ0v) is 34.3. The van der Waals surface area contributed by atoms with E-state index in [9.17, 15) is 0 Å². The number of hydrogen-bond acceptors (Lipinski definition) is 4. The van der Waals surface area contributed by atoms with Gasteiger partial charge in [0.15, 0.2) is 17.5 Å². The molecule has 2 aliphatic rings. The molecule has 0 radical (unpaired) electrons. The van der Waals surface area contributed by atoms with E-state index < -0.39 is 0 Å². The Hall–Kier alpha value is -7.79. The van der Waals surface area contributed by atoms with Crippen LogP contribution in [0.1, 0.15) is 22.3 Å². The fraction of sp³-hybridized carbons (Fsp3) is 0.0172. The molecule has 288 valence electrons. The monoisotopic (exact) mass is 805 g/mol. The van der Waals surface area contributed by atoms with Crippen molar-refractivity contribution in [2.45, 2.75) is 5.41 Å². The summed E-state index contributed by atoms with van der Waals surface area (Å²) in [5.74, 6) is 1.92. The summed E-state index contributed by atoms with van der Waals surface area (Å²) in [6.45, 7) is 0. The van der Waals surface area contributed by atoms with Crippen molar-refractivity contribution in [3.05, 3.63) is 235 Å². The maximum Gasteiger partial charge on any atom is 0.164 e. The smallest absolute Gasteiger partial charge is 0.164 e. The number of hydrogen-bond donors (Lipinski definition) is 0. The van der Waals surface area contributed by atoms with Crippen molar-refractivity contribution in [3.63, 3.8) is 0 Å². The lowest BCUT2D eigenvalue weighted by atomic mass is 9.70. The van der Waals surface area contributed by atoms with Crippen molar-refractivity contribution >= 4 is 31.5 Å². The topological polar surface area (TPSA) is 38.7 Å². The minimum absolute atomic E-state index is 0.382. The van der Waals surface area contributed by atoms with Crippen LogP contribution in [0.2, 0.25) is 0 Å². The van der Waals surface area contributed by atoms with E-state index in [1.54, 1.807) is 0 Å². The van der Waals surface area contributed by atoms with Gasteiger partial charge >= 0.3 is 0 Å². The third-order valence-corrected chi connectivity index (χ3v) is 14.1. The Labute approximate surface area is 363 Å². The molecular weight excluding hydrogens is 771 g/mol. The third kappa shape index (κ3) is 5.20. The largest absolute Gasteiger partial charge is 0.208 e. The Morgan fingerprint density at radius 2 is 0.726 bits per heavy atom. The maximum atomic E-state index is 5.16. The minimum atomic E-state index is -0.382. The molecule has 0 saturated heterocycles. The molecule has 0 atom stereocenters. The molecule has 1 spiro atoms. The zero-order chi connectivity index (χ0) is 40.8. The van der Waals surface area contributed by atoms with Gasteiger partial charge < -0.3 is 0 Å². The number of rotatable bonds is 5. The second kappa shape index (κ2) is 13.6. The molecule has 4 heteroatoms. The normalized spacial score (nSPS) is 13.0. The van der Waals surface area contributed by atoms with E-state index in [1.807, 2.05) is 29.5 Å². The summed E-state index contributed by atoms with van der Waals surface area (Å²) in [6.07, 6.45) is 0. The number of benzene rings is 9. The van der Waals surface area contributed by atoms with Gasteiger partial charge in [0.25, 0.3) is 0 Å². The Morgan fingerprint density at radius 1 is 0.274 bits per heavy atom. The molecule has 11 aromatic rings. The lowest BCUT2D eigenvalue weighted by Gasteiger charge is -2.30. The molecule has 2 aromatic heterocycles. The van der Waals surface area contributed by atoms with E-state index in [-0.39, 0.29) is 5.41 Å². The van der Waals surface area contributed by atoms with E-state index in [4.69, 9.17) is 15.0 Å². The van der Waals surface area contributed by atoms with Crippen LogP contribution >= 0.6 is 11.3 Å². The van der Waals surface area contributed by atoms with Crippen LogP contribution in [0.4, 0.5) is 0 Å². The highest BCUT2D eigenvalue weighted by Crippen LogP contribution is 2.63. The molecule has 0 bridgehead atoms. The van der Waals surface area contributed by atoms with Crippen LogP contribution < -0.4 is 0 Å². The quantitative estimate of drug-likeness (QED) is 0.174. The predicted molar refractivity (Wildman–Crippen MR) is 256 cm³/mol. The first kappa shape index (κ1) is 35.0. The average molecular weight is 806 g/mol. The van der Waals surface area contributed by atoms with E-state index in [2.05, 4.69) is 194 Å². The summed E-state index contributed by atoms with van der Waals surface area (Å²) < 4.78 is 2.60. The van der Waals surface area contributed by atoms with E-state index >= 15 is 0 Å². The SMILES string of the molecule is c1ccc(-c2nc(-c3ccc(-c4ccc5c(c4)C4(c6ccccc6-c6ccccc64)c4ccccc4-5)cc3)nc(-c3cccc(-c4ccc5sc6ccccc6c5c4)c3)n2)cc1. The van der Waals surface area contributed by atoms with Crippen molar-refractivity contribution in [3.8, 4) is 78.7 Å². The molecule has 3 nitrogen and oxygen atoms in total. The van der Waals surface area contributed by atoms with Gasteiger partial charge in [-0.05, 0) is 97.1 Å². The molecule has 0 aliphatic heterocycles. The highest BCUT2D eigenvalue weighted by atomic mass is 32.1. The molecule has 13 rings (SSSR count). The lowest BCUT2D eigenvalue weighted by Crippen LogP contribution is -2.25. The van der Waals surface area contributed by atoms with Crippen LogP contribution in [-0.4, -0.2) is 15.0 Å². The number of aromatic nitrogens is 3. The van der Waals surface area contributed by atoms with E-state index in [0.29, 0.717) is 17.5 Å². The summed E-state index contributed by atoms with van der Waals surface area (Å²) in [5.41, 5.74) is 17.7. The van der Waals surface area contributed by atoms with Gasteiger partial charge in [0, 0.05) is 36.9 Å². The van der Waals surface area contributed by atoms with Gasteiger partial charge in [0.2, 0.25) is 0 Å². The minimum Gasteiger partial charge on any atom is -0.208 e. The Morgan fingerprint density at radius 3 is 1.42 bits per heavy atom. The van der Waals surface area contributed by atoms with Gasteiger partial charge in [-0.1, -0.05) is 182 Å². The molecular formula is C58H35N3S. The summed E-state index contributed by atoms with van der Waals surface area (Å²) >= 11 is 1.84. The van der Waals surface area contributed by atoms with Gasteiger partial charge in [-0.25, -0.2) is 15.0 Å². The first-order valence-electron chi connectivity index (χ1n) is 21.1. The number of fused-ring (bicyclic) bond motifs is 13. The molecule has 2 heterocycles. The Kier molecular flexibility index (Phi) is 7.69. The van der Waals surface area contributed by atoms with Crippen molar-refractivity contribution in [2.75, 3.05) is 0 Å². The average Bonchev–Trinajstić information content (AvgIpc) is 3.98. The summed E-state index contributed by atoms with van der Waals surface area (Å²) in [4.78, 5) is 15.3. The van der Waals surface area contributed by atoms with Crippen LogP contribution in [0.25, 0.3) is 98.8 Å². The summed E-state index contributed by atoms with van der Waals surface area (Å²) in [6, 6.07) is 76.8. The Bertz CT molecular complexity index is 3520. The van der Waals surface area contributed by atoms with Crippen molar-refractivity contribution in [1.29, 1.82) is 0 Å². The fourth-order valence-corrected chi connectivity index (χ4v) is 11.3. The molecule has 0 N–H and O–H groups in total. The molecule has 0 unspecified atom stereocenters. The van der Waals surface area contributed by atoms with Crippen molar-refractivity contribution in [2.24, 2.45) is 0 Å². The molecule has 9 aromatic carbocycles. The van der Waals surface area contributed by atoms with E-state index in [1.165, 1.54) is 75.8 Å². The summed E-state index contributed by atoms with van der Waals surface area (Å²) in [5, 5.41) is 2.58. The van der Waals surface area contributed by atoms with Gasteiger partial charge in [-0.15, -0.1) is 11.3 Å². The molecule has 0 saturated carbocycles. The van der Waals surface area contributed by atoms with Gasteiger partial charge in [0.1, 0.15) is 0 Å². The van der Waals surface area contributed by atoms with Crippen LogP contribution in [-0.2, 0) is 5.41 Å². The second-order valence-corrected chi connectivity index (χ2v) is 17.4. The van der Waals surface area contributed by atoms with Crippen LogP contribution in [0, 0.1) is 0 Å². The molecule has 2 aliphatic carbocycles. The second-order valence-electron chi connectivity index (χ2n) is 16.3. The fourth-order valence-electron chi connectivity index (χ4n) is 10.2. The first-order valence-corrected chi connectivity index (χ1v) is 21.9. The van der Waals surface area contributed by atoms with Crippen LogP contribution in [0.5, 0.6) is 0 Å². The maximum absolute atomic E-state index is 5.16. The first-order chi connectivity index (χ1) is 30.7. The molecule has 62 heavy (non-hydrogen) atoms. The van der Waals surface area contributed by atoms with E-state index in [0.717, 1.165) is 27.8 Å². The standard InChI is InChI=1S/C58H35N3S/c1-2-13-37(14-3-1)55-59-56(61-57(60-55)42-16-12-15-39(33-42)40-30-32-54-48(34-40)47-20-7-11-24-53(47)62-54)38-27-25-36(26-28-38)41-29-31-46-45-19-6-10-23-51(45)58(52(46)35-41)49-21-8-4-17-43(49)44-18-5-9-22-50(44)58/h1-35H. The highest BCUT2D eigenvalue weighted by molar-refractivity contribution is 7.25. The van der Waals surface area contributed by atoms with Crippen LogP contribution in [0.15, 0.2) is 212 Å². The van der Waals surface area contributed by atoms with Crippen LogP contribution in [0.3, 0.4) is 0 Å². The Balaban J connectivity index is 0.902. The van der Waals surface area contributed by atoms with Gasteiger partial charge in [-0.3, -0.25) is 0 Å². The number of thiophene rings is 1. The summed E-state index contributed by atoms with van der Waals surface area (Å²) in [7, 11) is 0. The highest BCUT2D eigenvalue weighted by Gasteiger charge is 2.51. The van der Waals surface area contributed by atoms with Crippen molar-refractivity contribution in [1.82, 2.24) is 15.0 Å². The lowest BCUT2D eigenvalue weighted by molar-refractivity contribution is 0.794. The molecule has 0 fully saturated rings. The van der Waals surface area contributed by atoms with Gasteiger partial charge in [0.05, 0.1) is 5.41 Å². The van der Waals surface area contributed by atoms with Gasteiger partial charge in [-0.2, -0.15) is 0 Å². The third-order valence-electron chi connectivity index (χ3n) is 13.0. The zero-order valence-electron chi connectivity index (χ0n) is 33.5. The predicted octanol–water partition coefficient (Wildman–Crippen LogP) is 14.9.